The van der Waals surface area contributed by atoms with E-state index in [0.29, 0.717) is 28.5 Å². The van der Waals surface area contributed by atoms with E-state index in [-0.39, 0.29) is 17.3 Å². The van der Waals surface area contributed by atoms with Crippen molar-refractivity contribution in [3.05, 3.63) is 76.5 Å². The third-order valence-electron chi connectivity index (χ3n) is 4.50. The van der Waals surface area contributed by atoms with E-state index in [2.05, 4.69) is 5.32 Å². The lowest BCUT2D eigenvalue weighted by molar-refractivity contribution is 0.0953. The molecular formula is C22H23NO5S2. The Morgan fingerprint density at radius 3 is 2.27 bits per heavy atom. The lowest BCUT2D eigenvalue weighted by atomic mass is 10.2. The smallest absolute Gasteiger partial charge is 0.251 e. The van der Waals surface area contributed by atoms with E-state index in [1.807, 2.05) is 12.3 Å². The lowest BCUT2D eigenvalue weighted by Gasteiger charge is -2.18. The number of thiophene rings is 1. The van der Waals surface area contributed by atoms with Crippen molar-refractivity contribution in [3.8, 4) is 11.5 Å². The van der Waals surface area contributed by atoms with Gasteiger partial charge in [-0.3, -0.25) is 4.79 Å². The number of carbonyl (C=O) groups excluding carboxylic acids is 1. The number of methoxy groups -OCH3 is 1. The Kier molecular flexibility index (Phi) is 7.12. The Labute approximate surface area is 180 Å². The highest BCUT2D eigenvalue weighted by Crippen LogP contribution is 2.32. The highest BCUT2D eigenvalue weighted by molar-refractivity contribution is 7.91. The molecule has 158 valence electrons. The standard InChI is InChI=1S/C22H23NO5S2/c1-3-28-18-8-6-16(7-9-18)22(24)23-15-21(20-5-4-14-29-20)30(25,26)19-12-10-17(27-2)11-13-19/h4-14,21H,3,15H2,1-2H3,(H,23,24). The Morgan fingerprint density at radius 1 is 1.03 bits per heavy atom. The summed E-state index contributed by atoms with van der Waals surface area (Å²) in [4.78, 5) is 13.4. The first-order chi connectivity index (χ1) is 14.5. The second-order valence-corrected chi connectivity index (χ2v) is 9.50. The predicted octanol–water partition coefficient (Wildman–Crippen LogP) is 4.10. The summed E-state index contributed by atoms with van der Waals surface area (Å²) in [7, 11) is -2.20. The van der Waals surface area contributed by atoms with Crippen molar-refractivity contribution in [3.63, 3.8) is 0 Å². The van der Waals surface area contributed by atoms with Crippen LogP contribution < -0.4 is 14.8 Å². The van der Waals surface area contributed by atoms with Gasteiger partial charge in [0.1, 0.15) is 16.7 Å². The molecule has 1 aromatic heterocycles. The Bertz CT molecular complexity index is 1060. The quantitative estimate of drug-likeness (QED) is 0.536. The van der Waals surface area contributed by atoms with Gasteiger partial charge in [0.05, 0.1) is 18.6 Å². The van der Waals surface area contributed by atoms with Crippen LogP contribution in [0.25, 0.3) is 0 Å². The summed E-state index contributed by atoms with van der Waals surface area (Å²) in [6, 6.07) is 16.5. The van der Waals surface area contributed by atoms with E-state index in [4.69, 9.17) is 9.47 Å². The molecule has 3 rings (SSSR count). The molecule has 0 aliphatic carbocycles. The van der Waals surface area contributed by atoms with Gasteiger partial charge < -0.3 is 14.8 Å². The second-order valence-electron chi connectivity index (χ2n) is 6.39. The molecule has 30 heavy (non-hydrogen) atoms. The zero-order valence-corrected chi connectivity index (χ0v) is 18.3. The van der Waals surface area contributed by atoms with Crippen molar-refractivity contribution in [1.29, 1.82) is 0 Å². The number of ether oxygens (including phenoxy) is 2. The molecule has 1 atom stereocenters. The number of nitrogens with one attached hydrogen (secondary N) is 1. The maximum absolute atomic E-state index is 13.3. The molecule has 0 bridgehead atoms. The van der Waals surface area contributed by atoms with Crippen molar-refractivity contribution in [2.75, 3.05) is 20.3 Å². The second kappa shape index (κ2) is 9.77. The van der Waals surface area contributed by atoms with Crippen LogP contribution in [0, 0.1) is 0 Å². The maximum Gasteiger partial charge on any atom is 0.251 e. The summed E-state index contributed by atoms with van der Waals surface area (Å²) >= 11 is 1.34. The summed E-state index contributed by atoms with van der Waals surface area (Å²) in [5, 5.41) is 3.69. The van der Waals surface area contributed by atoms with Gasteiger partial charge in [0, 0.05) is 17.0 Å². The zero-order chi connectivity index (χ0) is 21.6. The lowest BCUT2D eigenvalue weighted by Crippen LogP contribution is -2.31. The minimum absolute atomic E-state index is 0.0408. The molecule has 1 N–H and O–H groups in total. The van der Waals surface area contributed by atoms with Gasteiger partial charge in [-0.05, 0) is 66.9 Å². The molecule has 0 fully saturated rings. The highest BCUT2D eigenvalue weighted by Gasteiger charge is 2.30. The average molecular weight is 446 g/mol. The van der Waals surface area contributed by atoms with Crippen molar-refractivity contribution in [2.24, 2.45) is 0 Å². The number of benzene rings is 2. The minimum atomic E-state index is -3.72. The summed E-state index contributed by atoms with van der Waals surface area (Å²) < 4.78 is 37.1. The van der Waals surface area contributed by atoms with Gasteiger partial charge in [-0.1, -0.05) is 6.07 Å². The Morgan fingerprint density at radius 2 is 1.70 bits per heavy atom. The topological polar surface area (TPSA) is 81.7 Å². The monoisotopic (exact) mass is 445 g/mol. The molecule has 0 aliphatic rings. The zero-order valence-electron chi connectivity index (χ0n) is 16.7. The molecule has 0 saturated carbocycles. The number of sulfone groups is 1. The van der Waals surface area contributed by atoms with Crippen molar-refractivity contribution in [1.82, 2.24) is 5.32 Å². The summed E-state index contributed by atoms with van der Waals surface area (Å²) in [5.41, 5.74) is 0.435. The Balaban J connectivity index is 1.80. The van der Waals surface area contributed by atoms with Gasteiger partial charge >= 0.3 is 0 Å². The molecule has 2 aromatic carbocycles. The largest absolute Gasteiger partial charge is 0.497 e. The first-order valence-electron chi connectivity index (χ1n) is 9.38. The van der Waals surface area contributed by atoms with Crippen LogP contribution in [-0.2, 0) is 9.84 Å². The number of amides is 1. The van der Waals surface area contributed by atoms with E-state index in [1.165, 1.54) is 30.6 Å². The molecular weight excluding hydrogens is 422 g/mol. The number of rotatable bonds is 9. The molecule has 1 amide bonds. The molecule has 1 heterocycles. The molecule has 6 nitrogen and oxygen atoms in total. The fourth-order valence-corrected chi connectivity index (χ4v) is 5.71. The highest BCUT2D eigenvalue weighted by atomic mass is 32.2. The normalized spacial score (nSPS) is 12.2. The van der Waals surface area contributed by atoms with Gasteiger partial charge in [-0.2, -0.15) is 0 Å². The van der Waals surface area contributed by atoms with Gasteiger partial charge in [-0.15, -0.1) is 11.3 Å². The molecule has 1 unspecified atom stereocenters. The van der Waals surface area contributed by atoms with Gasteiger partial charge in [0.25, 0.3) is 5.91 Å². The van der Waals surface area contributed by atoms with Gasteiger partial charge in [0.2, 0.25) is 0 Å². The van der Waals surface area contributed by atoms with E-state index in [0.717, 1.165) is 0 Å². The van der Waals surface area contributed by atoms with E-state index in [9.17, 15) is 13.2 Å². The molecule has 3 aromatic rings. The van der Waals surface area contributed by atoms with Crippen LogP contribution in [0.4, 0.5) is 0 Å². The SMILES string of the molecule is CCOc1ccc(C(=O)NCC(c2cccs2)S(=O)(=O)c2ccc(OC)cc2)cc1. The van der Waals surface area contributed by atoms with Crippen LogP contribution in [0.5, 0.6) is 11.5 Å². The molecule has 0 radical (unpaired) electrons. The number of hydrogen-bond acceptors (Lipinski definition) is 6. The van der Waals surface area contributed by atoms with Crippen LogP contribution in [-0.4, -0.2) is 34.6 Å². The van der Waals surface area contributed by atoms with E-state index < -0.39 is 15.1 Å². The van der Waals surface area contributed by atoms with Crippen LogP contribution in [0.15, 0.2) is 70.9 Å². The first-order valence-corrected chi connectivity index (χ1v) is 11.8. The van der Waals surface area contributed by atoms with Crippen LogP contribution in [0.2, 0.25) is 0 Å². The van der Waals surface area contributed by atoms with Crippen molar-refractivity contribution >= 4 is 27.1 Å². The number of carbonyl (C=O) groups is 1. The maximum atomic E-state index is 13.3. The minimum Gasteiger partial charge on any atom is -0.497 e. The predicted molar refractivity (Wildman–Crippen MR) is 117 cm³/mol. The van der Waals surface area contributed by atoms with Crippen LogP contribution in [0.3, 0.4) is 0 Å². The summed E-state index contributed by atoms with van der Waals surface area (Å²) in [6.07, 6.45) is 0. The van der Waals surface area contributed by atoms with Crippen LogP contribution in [0.1, 0.15) is 27.4 Å². The van der Waals surface area contributed by atoms with Crippen molar-refractivity contribution in [2.45, 2.75) is 17.1 Å². The average Bonchev–Trinajstić information content (AvgIpc) is 3.29. The molecule has 8 heteroatoms. The van der Waals surface area contributed by atoms with Gasteiger partial charge in [0.15, 0.2) is 9.84 Å². The molecule has 0 spiro atoms. The fraction of sp³-hybridized carbons (Fsp3) is 0.227. The first kappa shape index (κ1) is 21.9. The van der Waals surface area contributed by atoms with Gasteiger partial charge in [-0.25, -0.2) is 8.42 Å². The molecule has 0 aliphatic heterocycles. The molecule has 0 saturated heterocycles. The third-order valence-corrected chi connectivity index (χ3v) is 7.73. The van der Waals surface area contributed by atoms with Crippen molar-refractivity contribution < 1.29 is 22.7 Å². The Hall–Kier alpha value is -2.84. The fourth-order valence-electron chi connectivity index (χ4n) is 2.92. The summed E-state index contributed by atoms with van der Waals surface area (Å²) in [5.74, 6) is 0.905. The van der Waals surface area contributed by atoms with E-state index in [1.54, 1.807) is 48.5 Å². The summed E-state index contributed by atoms with van der Waals surface area (Å²) in [6.45, 7) is 2.38. The van der Waals surface area contributed by atoms with Crippen LogP contribution >= 0.6 is 11.3 Å². The third kappa shape index (κ3) is 5.01. The number of hydrogen-bond donors (Lipinski definition) is 1. The van der Waals surface area contributed by atoms with E-state index >= 15 is 0 Å².